The summed E-state index contributed by atoms with van der Waals surface area (Å²) in [5, 5.41) is 1.43. The van der Waals surface area contributed by atoms with Crippen molar-refractivity contribution in [2.24, 2.45) is 0 Å². The van der Waals surface area contributed by atoms with Crippen molar-refractivity contribution in [1.29, 1.82) is 0 Å². The highest BCUT2D eigenvalue weighted by molar-refractivity contribution is 7.99. The van der Waals surface area contributed by atoms with E-state index in [1.54, 1.807) is 21.3 Å². The molecule has 0 spiro atoms. The number of nitrogens with zero attached hydrogens (tertiary/aromatic N) is 3. The molecule has 0 aliphatic carbocycles. The van der Waals surface area contributed by atoms with Gasteiger partial charge in [0, 0.05) is 31.8 Å². The Hall–Kier alpha value is -2.42. The van der Waals surface area contributed by atoms with Crippen LogP contribution in [0.1, 0.15) is 11.1 Å². The summed E-state index contributed by atoms with van der Waals surface area (Å²) in [5.41, 5.74) is 4.08. The van der Waals surface area contributed by atoms with Gasteiger partial charge >= 0.3 is 0 Å². The molecule has 0 unspecified atom stereocenters. The third-order valence-electron chi connectivity index (χ3n) is 5.59. The number of hydrogen-bond acceptors (Lipinski definition) is 6. The SMILES string of the molecule is COCCn1c(SCC(=O)N2CCc3cc(OC)c(OC)cc3C2)nc2cc(Cl)ccc21. The molecule has 0 N–H and O–H groups in total. The van der Waals surface area contributed by atoms with Gasteiger partial charge in [-0.15, -0.1) is 0 Å². The van der Waals surface area contributed by atoms with Crippen LogP contribution < -0.4 is 9.47 Å². The summed E-state index contributed by atoms with van der Waals surface area (Å²) in [6, 6.07) is 9.62. The van der Waals surface area contributed by atoms with E-state index in [1.807, 2.05) is 35.2 Å². The van der Waals surface area contributed by atoms with Gasteiger partial charge in [0.15, 0.2) is 16.7 Å². The number of hydrogen-bond donors (Lipinski definition) is 0. The monoisotopic (exact) mass is 475 g/mol. The molecule has 3 aromatic rings. The van der Waals surface area contributed by atoms with Crippen molar-refractivity contribution in [3.8, 4) is 11.5 Å². The summed E-state index contributed by atoms with van der Waals surface area (Å²) in [6.45, 7) is 2.45. The highest BCUT2D eigenvalue weighted by Gasteiger charge is 2.23. The molecule has 0 saturated heterocycles. The van der Waals surface area contributed by atoms with Gasteiger partial charge in [-0.3, -0.25) is 4.79 Å². The fraction of sp³-hybridized carbons (Fsp3) is 0.391. The summed E-state index contributed by atoms with van der Waals surface area (Å²) in [7, 11) is 4.93. The lowest BCUT2D eigenvalue weighted by Gasteiger charge is -2.29. The zero-order valence-electron chi connectivity index (χ0n) is 18.4. The Labute approximate surface area is 196 Å². The minimum Gasteiger partial charge on any atom is -0.493 e. The molecule has 170 valence electrons. The Morgan fingerprint density at radius 2 is 1.88 bits per heavy atom. The largest absolute Gasteiger partial charge is 0.493 e. The molecule has 0 atom stereocenters. The quantitative estimate of drug-likeness (QED) is 0.458. The molecule has 9 heteroatoms. The van der Waals surface area contributed by atoms with E-state index in [9.17, 15) is 4.79 Å². The number of amides is 1. The van der Waals surface area contributed by atoms with Gasteiger partial charge in [0.25, 0.3) is 0 Å². The number of thioether (sulfide) groups is 1. The Bertz CT molecular complexity index is 1130. The van der Waals surface area contributed by atoms with Crippen LogP contribution in [-0.4, -0.2) is 60.6 Å². The first-order valence-electron chi connectivity index (χ1n) is 10.3. The molecule has 2 heterocycles. The fourth-order valence-corrected chi connectivity index (χ4v) is 5.01. The van der Waals surface area contributed by atoms with Gasteiger partial charge in [0.05, 0.1) is 37.6 Å². The molecule has 32 heavy (non-hydrogen) atoms. The number of fused-ring (bicyclic) bond motifs is 2. The van der Waals surface area contributed by atoms with Crippen LogP contribution in [0.2, 0.25) is 5.02 Å². The van der Waals surface area contributed by atoms with Gasteiger partial charge in [-0.05, 0) is 47.9 Å². The summed E-state index contributed by atoms with van der Waals surface area (Å²) in [4.78, 5) is 19.6. The number of carbonyl (C=O) groups is 1. The van der Waals surface area contributed by atoms with Crippen molar-refractivity contribution in [3.05, 3.63) is 46.5 Å². The molecule has 0 radical (unpaired) electrons. The molecule has 7 nitrogen and oxygen atoms in total. The van der Waals surface area contributed by atoms with Crippen LogP contribution in [0.4, 0.5) is 0 Å². The Kier molecular flexibility index (Phi) is 7.13. The predicted octanol–water partition coefficient (Wildman–Crippen LogP) is 4.03. The molecule has 1 amide bonds. The molecule has 1 aromatic heterocycles. The highest BCUT2D eigenvalue weighted by Crippen LogP contribution is 2.33. The Morgan fingerprint density at radius 3 is 2.59 bits per heavy atom. The van der Waals surface area contributed by atoms with Crippen LogP contribution in [0.15, 0.2) is 35.5 Å². The molecule has 2 aromatic carbocycles. The fourth-order valence-electron chi connectivity index (χ4n) is 3.90. The maximum Gasteiger partial charge on any atom is 0.233 e. The van der Waals surface area contributed by atoms with E-state index in [0.717, 1.165) is 33.9 Å². The lowest BCUT2D eigenvalue weighted by Crippen LogP contribution is -2.37. The number of methoxy groups -OCH3 is 3. The molecule has 0 saturated carbocycles. The van der Waals surface area contributed by atoms with Crippen molar-refractivity contribution >= 4 is 40.3 Å². The van der Waals surface area contributed by atoms with E-state index in [0.29, 0.717) is 42.8 Å². The molecule has 1 aliphatic rings. The number of benzene rings is 2. The maximum absolute atomic E-state index is 13.0. The molecule has 1 aliphatic heterocycles. The van der Waals surface area contributed by atoms with Crippen LogP contribution >= 0.6 is 23.4 Å². The highest BCUT2D eigenvalue weighted by atomic mass is 35.5. The molecular formula is C23H26ClN3O4S. The van der Waals surface area contributed by atoms with Gasteiger partial charge < -0.3 is 23.7 Å². The number of carbonyl (C=O) groups excluding carboxylic acids is 1. The van der Waals surface area contributed by atoms with Crippen molar-refractivity contribution < 1.29 is 19.0 Å². The Balaban J connectivity index is 1.48. The summed E-state index contributed by atoms with van der Waals surface area (Å²) in [6.07, 6.45) is 0.789. The number of aromatic nitrogens is 2. The topological polar surface area (TPSA) is 65.8 Å². The van der Waals surface area contributed by atoms with E-state index < -0.39 is 0 Å². The number of rotatable bonds is 8. The van der Waals surface area contributed by atoms with Gasteiger partial charge in [-0.25, -0.2) is 4.98 Å². The third-order valence-corrected chi connectivity index (χ3v) is 6.79. The van der Waals surface area contributed by atoms with E-state index in [1.165, 1.54) is 17.3 Å². The van der Waals surface area contributed by atoms with Gasteiger partial charge in [0.1, 0.15) is 0 Å². The minimum absolute atomic E-state index is 0.0822. The van der Waals surface area contributed by atoms with E-state index >= 15 is 0 Å². The molecule has 0 fully saturated rings. The number of halogens is 1. The zero-order chi connectivity index (χ0) is 22.7. The smallest absolute Gasteiger partial charge is 0.233 e. The summed E-state index contributed by atoms with van der Waals surface area (Å²) < 4.78 is 18.2. The van der Waals surface area contributed by atoms with Gasteiger partial charge in [-0.2, -0.15) is 0 Å². The second kappa shape index (κ2) is 10.0. The lowest BCUT2D eigenvalue weighted by atomic mass is 9.99. The standard InChI is InChI=1S/C23H26ClN3O4S/c1-29-9-8-27-19-5-4-17(24)12-18(19)25-23(27)32-14-22(28)26-7-6-15-10-20(30-2)21(31-3)11-16(15)13-26/h4-5,10-12H,6-9,13-14H2,1-3H3. The summed E-state index contributed by atoms with van der Waals surface area (Å²) in [5.74, 6) is 1.79. The molecule has 4 rings (SSSR count). The zero-order valence-corrected chi connectivity index (χ0v) is 20.0. The van der Waals surface area contributed by atoms with Crippen molar-refractivity contribution in [2.45, 2.75) is 24.7 Å². The van der Waals surface area contributed by atoms with Crippen LogP contribution in [0, 0.1) is 0 Å². The van der Waals surface area contributed by atoms with Crippen LogP contribution in [-0.2, 0) is 29.0 Å². The first kappa shape index (κ1) is 22.8. The lowest BCUT2D eigenvalue weighted by molar-refractivity contribution is -0.129. The summed E-state index contributed by atoms with van der Waals surface area (Å²) >= 11 is 7.58. The molecular weight excluding hydrogens is 450 g/mol. The maximum atomic E-state index is 13.0. The number of imidazole rings is 1. The van der Waals surface area contributed by atoms with Crippen LogP contribution in [0.3, 0.4) is 0 Å². The average Bonchev–Trinajstić information content (AvgIpc) is 3.15. The second-order valence-electron chi connectivity index (χ2n) is 7.50. The van der Waals surface area contributed by atoms with E-state index in [2.05, 4.69) is 4.57 Å². The Morgan fingerprint density at radius 1 is 1.12 bits per heavy atom. The normalized spacial score (nSPS) is 13.3. The van der Waals surface area contributed by atoms with E-state index in [4.69, 9.17) is 30.8 Å². The predicted molar refractivity (Wildman–Crippen MR) is 126 cm³/mol. The first-order chi connectivity index (χ1) is 15.5. The first-order valence-corrected chi connectivity index (χ1v) is 11.7. The van der Waals surface area contributed by atoms with Gasteiger partial charge in [-0.1, -0.05) is 23.4 Å². The minimum atomic E-state index is 0.0822. The van der Waals surface area contributed by atoms with Crippen molar-refractivity contribution in [1.82, 2.24) is 14.5 Å². The molecule has 0 bridgehead atoms. The van der Waals surface area contributed by atoms with Crippen molar-refractivity contribution in [2.75, 3.05) is 40.2 Å². The number of ether oxygens (including phenoxy) is 3. The van der Waals surface area contributed by atoms with Crippen molar-refractivity contribution in [3.63, 3.8) is 0 Å². The average molecular weight is 476 g/mol. The second-order valence-corrected chi connectivity index (χ2v) is 8.88. The van der Waals surface area contributed by atoms with Crippen LogP contribution in [0.25, 0.3) is 11.0 Å². The van der Waals surface area contributed by atoms with Crippen LogP contribution in [0.5, 0.6) is 11.5 Å². The van der Waals surface area contributed by atoms with E-state index in [-0.39, 0.29) is 5.91 Å². The third kappa shape index (κ3) is 4.67. The van der Waals surface area contributed by atoms with Gasteiger partial charge in [0.2, 0.25) is 5.91 Å².